The number of benzene rings is 2. The van der Waals surface area contributed by atoms with E-state index < -0.39 is 5.60 Å². The minimum Gasteiger partial charge on any atom is -0.439 e. The number of carbonyl (C=O) groups excluding carboxylic acids is 1. The molecule has 31 heavy (non-hydrogen) atoms. The van der Waals surface area contributed by atoms with Gasteiger partial charge in [0.05, 0.1) is 11.3 Å². The number of hydrogen-bond acceptors (Lipinski definition) is 3. The highest BCUT2D eigenvalue weighted by molar-refractivity contribution is 5.96. The zero-order chi connectivity index (χ0) is 21.6. The van der Waals surface area contributed by atoms with Crippen molar-refractivity contribution < 1.29 is 9.53 Å². The van der Waals surface area contributed by atoms with Crippen LogP contribution in [-0.2, 0) is 10.3 Å². The van der Waals surface area contributed by atoms with Gasteiger partial charge in [0.2, 0.25) is 5.60 Å². The Morgan fingerprint density at radius 3 is 2.39 bits per heavy atom. The van der Waals surface area contributed by atoms with Crippen molar-refractivity contribution in [1.29, 1.82) is 0 Å². The van der Waals surface area contributed by atoms with E-state index in [9.17, 15) is 4.79 Å². The van der Waals surface area contributed by atoms with Crippen LogP contribution in [0, 0.1) is 6.92 Å². The number of hydrogen-bond donors (Lipinski definition) is 0. The molecule has 4 aromatic rings. The molecule has 4 heteroatoms. The van der Waals surface area contributed by atoms with Crippen molar-refractivity contribution in [2.75, 3.05) is 18.0 Å². The predicted octanol–water partition coefficient (Wildman–Crippen LogP) is 5.56. The smallest absolute Gasteiger partial charge is 0.340 e. The summed E-state index contributed by atoms with van der Waals surface area (Å²) in [5.74, 6) is -0.284. The molecule has 3 heterocycles. The molecular formula is C27H26N2O2. The third-order valence-electron chi connectivity index (χ3n) is 6.38. The number of fused-ring (bicyclic) bond motifs is 2. The Balaban J connectivity index is 1.80. The summed E-state index contributed by atoms with van der Waals surface area (Å²) in [4.78, 5) is 15.3. The number of ether oxygens (including phenoxy) is 1. The monoisotopic (exact) mass is 410 g/mol. The lowest BCUT2D eigenvalue weighted by atomic mass is 9.81. The van der Waals surface area contributed by atoms with E-state index in [1.54, 1.807) is 0 Å². The summed E-state index contributed by atoms with van der Waals surface area (Å²) in [6.07, 6.45) is 2.04. The third kappa shape index (κ3) is 2.78. The first kappa shape index (κ1) is 19.4. The Morgan fingerprint density at radius 1 is 0.935 bits per heavy atom. The number of aromatic nitrogens is 1. The Hall–Kier alpha value is -3.53. The molecule has 0 aliphatic carbocycles. The molecule has 0 bridgehead atoms. The van der Waals surface area contributed by atoms with E-state index in [1.807, 2.05) is 42.6 Å². The number of aryl methyl sites for hydroxylation is 1. The summed E-state index contributed by atoms with van der Waals surface area (Å²) in [7, 11) is 0. The van der Waals surface area contributed by atoms with Crippen molar-refractivity contribution in [3.8, 4) is 0 Å². The second-order valence-corrected chi connectivity index (χ2v) is 8.01. The van der Waals surface area contributed by atoms with E-state index >= 15 is 0 Å². The van der Waals surface area contributed by atoms with Crippen LogP contribution >= 0.6 is 0 Å². The molecule has 156 valence electrons. The lowest BCUT2D eigenvalue weighted by Gasteiger charge is -2.31. The van der Waals surface area contributed by atoms with Gasteiger partial charge in [-0.25, -0.2) is 4.79 Å². The van der Waals surface area contributed by atoms with E-state index in [0.29, 0.717) is 5.56 Å². The Morgan fingerprint density at radius 2 is 1.65 bits per heavy atom. The Bertz CT molecular complexity index is 1270. The van der Waals surface area contributed by atoms with Crippen LogP contribution in [0.2, 0.25) is 0 Å². The summed E-state index contributed by atoms with van der Waals surface area (Å²) in [5.41, 5.74) is 5.78. The number of pyridine rings is 1. The van der Waals surface area contributed by atoms with E-state index in [0.717, 1.165) is 41.0 Å². The van der Waals surface area contributed by atoms with E-state index in [1.165, 1.54) is 5.69 Å². The molecule has 1 atom stereocenters. The molecule has 1 aliphatic rings. The van der Waals surface area contributed by atoms with Gasteiger partial charge in [-0.05, 0) is 62.7 Å². The number of carbonyl (C=O) groups is 1. The van der Waals surface area contributed by atoms with Crippen molar-refractivity contribution in [1.82, 2.24) is 4.40 Å². The maximum atomic E-state index is 13.0. The first-order chi connectivity index (χ1) is 15.1. The summed E-state index contributed by atoms with van der Waals surface area (Å²) in [6, 6.07) is 24.5. The van der Waals surface area contributed by atoms with Crippen molar-refractivity contribution in [3.05, 3.63) is 107 Å². The molecule has 0 N–H and O–H groups in total. The van der Waals surface area contributed by atoms with Gasteiger partial charge in [-0.1, -0.05) is 36.4 Å². The van der Waals surface area contributed by atoms with Crippen LogP contribution in [0.4, 0.5) is 5.69 Å². The molecule has 5 rings (SSSR count). The molecule has 0 saturated heterocycles. The fourth-order valence-corrected chi connectivity index (χ4v) is 4.94. The van der Waals surface area contributed by atoms with Gasteiger partial charge >= 0.3 is 5.97 Å². The largest absolute Gasteiger partial charge is 0.439 e. The second kappa shape index (κ2) is 7.31. The van der Waals surface area contributed by atoms with Gasteiger partial charge in [-0.15, -0.1) is 0 Å². The first-order valence-electron chi connectivity index (χ1n) is 10.9. The van der Waals surface area contributed by atoms with Crippen molar-refractivity contribution in [3.63, 3.8) is 0 Å². The lowest BCUT2D eigenvalue weighted by molar-refractivity contribution is 0.0235. The maximum Gasteiger partial charge on any atom is 0.340 e. The molecule has 4 nitrogen and oxygen atoms in total. The molecular weight excluding hydrogens is 384 g/mol. The average molecular weight is 411 g/mol. The van der Waals surface area contributed by atoms with Crippen LogP contribution in [0.25, 0.3) is 5.52 Å². The highest BCUT2D eigenvalue weighted by atomic mass is 16.6. The molecule has 2 aromatic heterocycles. The summed E-state index contributed by atoms with van der Waals surface area (Å²) < 4.78 is 8.46. The summed E-state index contributed by atoms with van der Waals surface area (Å²) >= 11 is 0. The van der Waals surface area contributed by atoms with Gasteiger partial charge in [0.15, 0.2) is 0 Å². The highest BCUT2D eigenvalue weighted by Crippen LogP contribution is 2.48. The van der Waals surface area contributed by atoms with Crippen LogP contribution in [0.3, 0.4) is 0 Å². The number of nitrogens with zero attached hydrogens (tertiary/aromatic N) is 2. The van der Waals surface area contributed by atoms with Crippen LogP contribution in [0.5, 0.6) is 0 Å². The lowest BCUT2D eigenvalue weighted by Crippen LogP contribution is -2.32. The minimum absolute atomic E-state index is 0.284. The van der Waals surface area contributed by atoms with E-state index in [-0.39, 0.29) is 5.97 Å². The number of esters is 1. The zero-order valence-corrected chi connectivity index (χ0v) is 18.1. The van der Waals surface area contributed by atoms with Gasteiger partial charge in [0, 0.05) is 41.6 Å². The number of cyclic esters (lactones) is 1. The molecule has 0 amide bonds. The van der Waals surface area contributed by atoms with Crippen molar-refractivity contribution in [2.24, 2.45) is 0 Å². The van der Waals surface area contributed by atoms with Crippen molar-refractivity contribution in [2.45, 2.75) is 26.4 Å². The fraction of sp³-hybridized carbons (Fsp3) is 0.222. The SMILES string of the molecule is CCN(CC)c1ccc(C2(c3c(C)cc4ccccn34)OC(=O)c3ccccc32)cc1. The molecule has 0 saturated carbocycles. The number of anilines is 1. The second-order valence-electron chi connectivity index (χ2n) is 8.01. The van der Waals surface area contributed by atoms with E-state index in [4.69, 9.17) is 4.74 Å². The summed E-state index contributed by atoms with van der Waals surface area (Å²) in [6.45, 7) is 8.29. The van der Waals surface area contributed by atoms with Crippen LogP contribution in [-0.4, -0.2) is 23.5 Å². The third-order valence-corrected chi connectivity index (χ3v) is 6.38. The Kier molecular flexibility index (Phi) is 4.58. The predicted molar refractivity (Wildman–Crippen MR) is 124 cm³/mol. The topological polar surface area (TPSA) is 34.0 Å². The van der Waals surface area contributed by atoms with Gasteiger partial charge in [-0.3, -0.25) is 0 Å². The van der Waals surface area contributed by atoms with Crippen LogP contribution in [0.15, 0.2) is 79.0 Å². The van der Waals surface area contributed by atoms with Crippen LogP contribution < -0.4 is 4.90 Å². The molecule has 2 aromatic carbocycles. The minimum atomic E-state index is -0.993. The maximum absolute atomic E-state index is 13.0. The number of rotatable bonds is 5. The molecule has 0 spiro atoms. The van der Waals surface area contributed by atoms with Gasteiger partial charge in [0.1, 0.15) is 0 Å². The summed E-state index contributed by atoms with van der Waals surface area (Å²) in [5, 5.41) is 0. The quantitative estimate of drug-likeness (QED) is 0.404. The molecule has 0 radical (unpaired) electrons. The Labute approximate surface area is 182 Å². The molecule has 0 fully saturated rings. The van der Waals surface area contributed by atoms with Gasteiger partial charge in [0.25, 0.3) is 0 Å². The molecule has 1 unspecified atom stereocenters. The highest BCUT2D eigenvalue weighted by Gasteiger charge is 2.50. The fourth-order valence-electron chi connectivity index (χ4n) is 4.94. The van der Waals surface area contributed by atoms with E-state index in [2.05, 4.69) is 66.5 Å². The first-order valence-corrected chi connectivity index (χ1v) is 10.9. The molecule has 1 aliphatic heterocycles. The zero-order valence-electron chi connectivity index (χ0n) is 18.1. The normalized spacial score (nSPS) is 17.6. The van der Waals surface area contributed by atoms with Crippen LogP contribution in [0.1, 0.15) is 46.6 Å². The van der Waals surface area contributed by atoms with Gasteiger partial charge in [-0.2, -0.15) is 0 Å². The van der Waals surface area contributed by atoms with Crippen molar-refractivity contribution >= 4 is 17.2 Å². The van der Waals surface area contributed by atoms with Gasteiger partial charge < -0.3 is 14.0 Å². The average Bonchev–Trinajstić information content (AvgIpc) is 3.29. The standard InChI is InChI=1S/C27H26N2O2/c1-4-28(5-2)21-15-13-20(14-16-21)27(24-12-7-6-11-23(24)26(30)31-27)25-19(3)18-22-10-8-9-17-29(22)25/h6-18H,4-5H2,1-3H3.